The van der Waals surface area contributed by atoms with Gasteiger partial charge in [0.2, 0.25) is 11.7 Å². The molecule has 20 heavy (non-hydrogen) atoms. The van der Waals surface area contributed by atoms with Gasteiger partial charge >= 0.3 is 5.97 Å². The molecule has 102 valence electrons. The third-order valence-electron chi connectivity index (χ3n) is 3.19. The number of para-hydroxylation sites is 1. The fourth-order valence-electron chi connectivity index (χ4n) is 2.23. The van der Waals surface area contributed by atoms with Gasteiger partial charge in [-0.15, -0.1) is 0 Å². The summed E-state index contributed by atoms with van der Waals surface area (Å²) in [4.78, 5) is 15.4. The third kappa shape index (κ3) is 1.77. The van der Waals surface area contributed by atoms with E-state index < -0.39 is 5.97 Å². The second-order valence-electron chi connectivity index (χ2n) is 4.44. The van der Waals surface area contributed by atoms with E-state index in [9.17, 15) is 4.79 Å². The molecule has 0 saturated carbocycles. The Morgan fingerprint density at radius 1 is 1.40 bits per heavy atom. The molecule has 3 rings (SSSR count). The van der Waals surface area contributed by atoms with Crippen molar-refractivity contribution in [3.05, 3.63) is 35.7 Å². The highest BCUT2D eigenvalue weighted by molar-refractivity contribution is 5.92. The second-order valence-corrected chi connectivity index (χ2v) is 4.44. The van der Waals surface area contributed by atoms with Crippen LogP contribution in [0.3, 0.4) is 0 Å². The molecule has 2 aromatic heterocycles. The van der Waals surface area contributed by atoms with Gasteiger partial charge in [0.1, 0.15) is 0 Å². The van der Waals surface area contributed by atoms with Crippen LogP contribution in [0, 0.1) is 0 Å². The predicted molar refractivity (Wildman–Crippen MR) is 72.5 cm³/mol. The zero-order chi connectivity index (χ0) is 14.3. The predicted octanol–water partition coefficient (Wildman–Crippen LogP) is 2.49. The molecule has 1 aromatic carbocycles. The van der Waals surface area contributed by atoms with Crippen LogP contribution in [0.15, 0.2) is 28.7 Å². The Labute approximate surface area is 114 Å². The van der Waals surface area contributed by atoms with Crippen molar-refractivity contribution in [2.45, 2.75) is 13.3 Å². The Kier molecular flexibility index (Phi) is 2.78. The Balaban J connectivity index is 2.23. The molecule has 0 aliphatic heterocycles. The first-order chi connectivity index (χ1) is 9.61. The summed E-state index contributed by atoms with van der Waals surface area (Å²) in [6, 6.07) is 7.67. The van der Waals surface area contributed by atoms with Crippen molar-refractivity contribution in [2.24, 2.45) is 7.05 Å². The van der Waals surface area contributed by atoms with E-state index >= 15 is 0 Å². The van der Waals surface area contributed by atoms with Gasteiger partial charge in [-0.2, -0.15) is 5.10 Å². The number of nitrogens with zero attached hydrogens (tertiary/aromatic N) is 3. The fraction of sp³-hybridized carbons (Fsp3) is 0.214. The van der Waals surface area contributed by atoms with Crippen molar-refractivity contribution in [3.8, 4) is 11.6 Å². The van der Waals surface area contributed by atoms with Crippen molar-refractivity contribution in [3.63, 3.8) is 0 Å². The first kappa shape index (κ1) is 12.4. The van der Waals surface area contributed by atoms with E-state index in [1.165, 1.54) is 0 Å². The van der Waals surface area contributed by atoms with E-state index in [0.29, 0.717) is 17.8 Å². The molecule has 0 bridgehead atoms. The number of carboxylic acids is 1. The number of aromatic carboxylic acids is 1. The van der Waals surface area contributed by atoms with Crippen LogP contribution in [0.4, 0.5) is 0 Å². The van der Waals surface area contributed by atoms with Gasteiger partial charge in [-0.1, -0.05) is 25.1 Å². The monoisotopic (exact) mass is 271 g/mol. The number of hydrogen-bond acceptors (Lipinski definition) is 4. The average Bonchev–Trinajstić information content (AvgIpc) is 3.01. The average molecular weight is 271 g/mol. The molecule has 6 heteroatoms. The fourth-order valence-corrected chi connectivity index (χ4v) is 2.23. The standard InChI is InChI=1S/C14H13N3O3/c1-3-9-12(14(18)19)20-13(15-9)11-8-6-4-5-7-10(8)17(2)16-11/h4-7H,3H2,1-2H3,(H,18,19). The van der Waals surface area contributed by atoms with Crippen LogP contribution >= 0.6 is 0 Å². The molecule has 3 aromatic rings. The summed E-state index contributed by atoms with van der Waals surface area (Å²) < 4.78 is 7.11. The van der Waals surface area contributed by atoms with Gasteiger partial charge in [-0.05, 0) is 12.5 Å². The van der Waals surface area contributed by atoms with Gasteiger partial charge < -0.3 is 9.52 Å². The van der Waals surface area contributed by atoms with E-state index in [1.54, 1.807) is 4.68 Å². The molecular formula is C14H13N3O3. The Hall–Kier alpha value is -2.63. The van der Waals surface area contributed by atoms with E-state index in [2.05, 4.69) is 10.1 Å². The first-order valence-electron chi connectivity index (χ1n) is 6.27. The van der Waals surface area contributed by atoms with Crippen LogP contribution in [-0.2, 0) is 13.5 Å². The summed E-state index contributed by atoms with van der Waals surface area (Å²) in [7, 11) is 1.83. The lowest BCUT2D eigenvalue weighted by Crippen LogP contribution is -1.98. The summed E-state index contributed by atoms with van der Waals surface area (Å²) in [6.07, 6.45) is 0.496. The number of carbonyl (C=O) groups is 1. The number of fused-ring (bicyclic) bond motifs is 1. The van der Waals surface area contributed by atoms with Crippen molar-refractivity contribution in [1.82, 2.24) is 14.8 Å². The zero-order valence-corrected chi connectivity index (χ0v) is 11.1. The Morgan fingerprint density at radius 2 is 2.15 bits per heavy atom. The van der Waals surface area contributed by atoms with Crippen LogP contribution in [0.25, 0.3) is 22.5 Å². The van der Waals surface area contributed by atoms with Crippen molar-refractivity contribution in [1.29, 1.82) is 0 Å². The van der Waals surface area contributed by atoms with Crippen molar-refractivity contribution < 1.29 is 14.3 Å². The first-order valence-corrected chi connectivity index (χ1v) is 6.27. The molecule has 0 fully saturated rings. The number of oxazole rings is 1. The molecule has 1 N–H and O–H groups in total. The normalized spacial score (nSPS) is 11.1. The zero-order valence-electron chi connectivity index (χ0n) is 11.1. The quantitative estimate of drug-likeness (QED) is 0.791. The van der Waals surface area contributed by atoms with E-state index in [4.69, 9.17) is 9.52 Å². The summed E-state index contributed by atoms with van der Waals surface area (Å²) in [5, 5.41) is 14.4. The van der Waals surface area contributed by atoms with Crippen LogP contribution in [-0.4, -0.2) is 25.8 Å². The van der Waals surface area contributed by atoms with Crippen molar-refractivity contribution in [2.75, 3.05) is 0 Å². The van der Waals surface area contributed by atoms with E-state index in [-0.39, 0.29) is 11.7 Å². The Morgan fingerprint density at radius 3 is 2.80 bits per heavy atom. The molecular weight excluding hydrogens is 258 g/mol. The molecule has 0 aliphatic carbocycles. The van der Waals surface area contributed by atoms with Crippen LogP contribution in [0.1, 0.15) is 23.2 Å². The van der Waals surface area contributed by atoms with Crippen LogP contribution < -0.4 is 0 Å². The summed E-state index contributed by atoms with van der Waals surface area (Å²) in [5.74, 6) is -0.978. The summed E-state index contributed by atoms with van der Waals surface area (Å²) in [5.41, 5.74) is 1.93. The lowest BCUT2D eigenvalue weighted by Gasteiger charge is -1.90. The minimum atomic E-state index is -1.11. The largest absolute Gasteiger partial charge is 0.475 e. The lowest BCUT2D eigenvalue weighted by molar-refractivity contribution is 0.0662. The number of rotatable bonds is 3. The van der Waals surface area contributed by atoms with Crippen LogP contribution in [0.5, 0.6) is 0 Å². The molecule has 0 saturated heterocycles. The summed E-state index contributed by atoms with van der Waals surface area (Å²) in [6.45, 7) is 1.84. The maximum Gasteiger partial charge on any atom is 0.373 e. The molecule has 0 spiro atoms. The molecule has 2 heterocycles. The Bertz CT molecular complexity index is 801. The minimum Gasteiger partial charge on any atom is -0.475 e. The molecule has 0 aliphatic rings. The molecule has 0 amide bonds. The molecule has 0 unspecified atom stereocenters. The van der Waals surface area contributed by atoms with Gasteiger partial charge in [0.15, 0.2) is 5.69 Å². The smallest absolute Gasteiger partial charge is 0.373 e. The van der Waals surface area contributed by atoms with Gasteiger partial charge in [0.05, 0.1) is 11.2 Å². The molecule has 0 atom stereocenters. The van der Waals surface area contributed by atoms with Gasteiger partial charge in [0, 0.05) is 12.4 Å². The summed E-state index contributed by atoms with van der Waals surface area (Å²) >= 11 is 0. The third-order valence-corrected chi connectivity index (χ3v) is 3.19. The second kappa shape index (κ2) is 4.48. The van der Waals surface area contributed by atoms with Gasteiger partial charge in [-0.25, -0.2) is 9.78 Å². The topological polar surface area (TPSA) is 81.2 Å². The maximum atomic E-state index is 11.1. The van der Waals surface area contributed by atoms with E-state index in [0.717, 1.165) is 10.9 Å². The highest BCUT2D eigenvalue weighted by Crippen LogP contribution is 2.28. The molecule has 6 nitrogen and oxygen atoms in total. The lowest BCUT2D eigenvalue weighted by atomic mass is 10.2. The highest BCUT2D eigenvalue weighted by Gasteiger charge is 2.22. The minimum absolute atomic E-state index is 0.114. The number of hydrogen-bond donors (Lipinski definition) is 1. The van der Waals surface area contributed by atoms with Crippen LogP contribution in [0.2, 0.25) is 0 Å². The van der Waals surface area contributed by atoms with Gasteiger partial charge in [0.25, 0.3) is 0 Å². The van der Waals surface area contributed by atoms with Crippen molar-refractivity contribution >= 4 is 16.9 Å². The number of benzene rings is 1. The SMILES string of the molecule is CCc1nc(-c2nn(C)c3ccccc23)oc1C(=O)O. The maximum absolute atomic E-state index is 11.1. The number of carboxylic acid groups (broad SMARTS) is 1. The van der Waals surface area contributed by atoms with Gasteiger partial charge in [-0.3, -0.25) is 4.68 Å². The number of aromatic nitrogens is 3. The molecule has 0 radical (unpaired) electrons. The van der Waals surface area contributed by atoms with E-state index in [1.807, 2.05) is 38.2 Å². The highest BCUT2D eigenvalue weighted by atomic mass is 16.4. The number of aryl methyl sites for hydroxylation is 2.